The zero-order valence-corrected chi connectivity index (χ0v) is 14.7. The third-order valence-electron chi connectivity index (χ3n) is 4.84. The third kappa shape index (κ3) is 2.63. The van der Waals surface area contributed by atoms with E-state index in [4.69, 9.17) is 12.2 Å². The first-order valence-electron chi connectivity index (χ1n) is 8.43. The number of aryl methyl sites for hydroxylation is 1. The molecule has 0 bridgehead atoms. The fourth-order valence-electron chi connectivity index (χ4n) is 3.74. The first-order valence-corrected chi connectivity index (χ1v) is 8.84. The van der Waals surface area contributed by atoms with Gasteiger partial charge in [-0.2, -0.15) is 0 Å². The molecule has 4 rings (SSSR count). The molecule has 5 heteroatoms. The largest absolute Gasteiger partial charge is 0.356 e. The summed E-state index contributed by atoms with van der Waals surface area (Å²) in [4.78, 5) is 2.86. The Morgan fingerprint density at radius 2 is 1.88 bits per heavy atom. The Balaban J connectivity index is 1.82. The molecular weight excluding hydrogens is 338 g/mol. The van der Waals surface area contributed by atoms with Crippen molar-refractivity contribution in [1.82, 2.24) is 9.47 Å². The SMILES string of the molecule is CCn1c2c(c3c(F)cc(F)cc31)CCN(Cc1ccccc1)C2=S. The highest BCUT2D eigenvalue weighted by atomic mass is 32.1. The Hall–Kier alpha value is -2.27. The van der Waals surface area contributed by atoms with Crippen molar-refractivity contribution in [3.63, 3.8) is 0 Å². The second-order valence-corrected chi connectivity index (χ2v) is 6.70. The number of thiocarbonyl (C=S) groups is 1. The minimum atomic E-state index is -0.554. The van der Waals surface area contributed by atoms with Gasteiger partial charge >= 0.3 is 0 Å². The van der Waals surface area contributed by atoms with Gasteiger partial charge in [-0.05, 0) is 30.5 Å². The van der Waals surface area contributed by atoms with Gasteiger partial charge in [0.05, 0.1) is 11.2 Å². The molecule has 0 fully saturated rings. The molecule has 0 saturated carbocycles. The van der Waals surface area contributed by atoms with Crippen molar-refractivity contribution in [3.05, 3.63) is 70.9 Å². The quantitative estimate of drug-likeness (QED) is 0.630. The van der Waals surface area contributed by atoms with Gasteiger partial charge in [0, 0.05) is 31.1 Å². The number of hydrogen-bond donors (Lipinski definition) is 0. The van der Waals surface area contributed by atoms with Gasteiger partial charge in [-0.3, -0.25) is 0 Å². The Bertz CT molecular complexity index is 963. The van der Waals surface area contributed by atoms with Crippen LogP contribution in [0.3, 0.4) is 0 Å². The van der Waals surface area contributed by atoms with Crippen LogP contribution in [0.4, 0.5) is 8.78 Å². The molecule has 1 aromatic heterocycles. The van der Waals surface area contributed by atoms with Gasteiger partial charge in [0.15, 0.2) is 0 Å². The summed E-state index contributed by atoms with van der Waals surface area (Å²) in [5.74, 6) is -1.06. The Labute approximate surface area is 150 Å². The minimum absolute atomic E-state index is 0.502. The Morgan fingerprint density at radius 1 is 1.12 bits per heavy atom. The lowest BCUT2D eigenvalue weighted by Crippen LogP contribution is -2.37. The van der Waals surface area contributed by atoms with Crippen LogP contribution in [0.15, 0.2) is 42.5 Å². The van der Waals surface area contributed by atoms with E-state index in [0.29, 0.717) is 28.9 Å². The second kappa shape index (κ2) is 6.23. The number of rotatable bonds is 3. The fraction of sp³-hybridized carbons (Fsp3) is 0.250. The highest BCUT2D eigenvalue weighted by molar-refractivity contribution is 7.80. The van der Waals surface area contributed by atoms with Gasteiger partial charge in [-0.25, -0.2) is 8.78 Å². The molecule has 2 nitrogen and oxygen atoms in total. The smallest absolute Gasteiger partial charge is 0.135 e. The van der Waals surface area contributed by atoms with Crippen molar-refractivity contribution in [2.75, 3.05) is 6.54 Å². The summed E-state index contributed by atoms with van der Waals surface area (Å²) in [5.41, 5.74) is 3.54. The minimum Gasteiger partial charge on any atom is -0.356 e. The average Bonchev–Trinajstić information content (AvgIpc) is 2.92. The number of halogens is 2. The maximum Gasteiger partial charge on any atom is 0.135 e. The van der Waals surface area contributed by atoms with Gasteiger partial charge in [-0.1, -0.05) is 42.5 Å². The van der Waals surface area contributed by atoms with Crippen LogP contribution in [0.25, 0.3) is 10.9 Å². The highest BCUT2D eigenvalue weighted by Crippen LogP contribution is 2.34. The van der Waals surface area contributed by atoms with Gasteiger partial charge in [0.25, 0.3) is 0 Å². The molecule has 2 aromatic carbocycles. The molecule has 0 spiro atoms. The number of hydrogen-bond acceptors (Lipinski definition) is 1. The molecular formula is C20H18F2N2S. The van der Waals surface area contributed by atoms with E-state index >= 15 is 0 Å². The molecule has 0 atom stereocenters. The lowest BCUT2D eigenvalue weighted by molar-refractivity contribution is 0.412. The van der Waals surface area contributed by atoms with E-state index in [1.165, 1.54) is 11.6 Å². The molecule has 0 aliphatic carbocycles. The first kappa shape index (κ1) is 16.2. The van der Waals surface area contributed by atoms with E-state index in [-0.39, 0.29) is 0 Å². The Kier molecular flexibility index (Phi) is 4.04. The van der Waals surface area contributed by atoms with Gasteiger partial charge in [0.2, 0.25) is 0 Å². The maximum atomic E-state index is 14.4. The second-order valence-electron chi connectivity index (χ2n) is 6.32. The zero-order valence-electron chi connectivity index (χ0n) is 13.9. The summed E-state index contributed by atoms with van der Waals surface area (Å²) < 4.78 is 30.1. The predicted molar refractivity (Wildman–Crippen MR) is 99.8 cm³/mol. The molecule has 0 radical (unpaired) electrons. The van der Waals surface area contributed by atoms with Crippen molar-refractivity contribution in [2.45, 2.75) is 26.4 Å². The monoisotopic (exact) mass is 356 g/mol. The summed E-state index contributed by atoms with van der Waals surface area (Å²) in [6.07, 6.45) is 0.703. The van der Waals surface area contributed by atoms with E-state index in [9.17, 15) is 8.78 Å². The van der Waals surface area contributed by atoms with E-state index in [1.54, 1.807) is 0 Å². The van der Waals surface area contributed by atoms with Crippen molar-refractivity contribution in [2.24, 2.45) is 0 Å². The molecule has 0 saturated heterocycles. The molecule has 1 aliphatic heterocycles. The average molecular weight is 356 g/mol. The van der Waals surface area contributed by atoms with E-state index in [2.05, 4.69) is 17.0 Å². The topological polar surface area (TPSA) is 8.17 Å². The van der Waals surface area contributed by atoms with Crippen LogP contribution in [0, 0.1) is 11.6 Å². The summed E-state index contributed by atoms with van der Waals surface area (Å²) in [7, 11) is 0. The maximum absolute atomic E-state index is 14.4. The van der Waals surface area contributed by atoms with Crippen LogP contribution >= 0.6 is 12.2 Å². The van der Waals surface area contributed by atoms with Gasteiger partial charge in [-0.15, -0.1) is 0 Å². The number of aromatic nitrogens is 1. The predicted octanol–water partition coefficient (Wildman–Crippen LogP) is 4.67. The van der Waals surface area contributed by atoms with Crippen LogP contribution in [0.1, 0.15) is 23.7 Å². The summed E-state index contributed by atoms with van der Waals surface area (Å²) >= 11 is 5.74. The molecule has 0 amide bonds. The van der Waals surface area contributed by atoms with E-state index < -0.39 is 11.6 Å². The third-order valence-corrected chi connectivity index (χ3v) is 5.29. The van der Waals surface area contributed by atoms with Gasteiger partial charge < -0.3 is 9.47 Å². The van der Waals surface area contributed by atoms with Gasteiger partial charge in [0.1, 0.15) is 16.6 Å². The molecule has 128 valence electrons. The zero-order chi connectivity index (χ0) is 17.6. The molecule has 2 heterocycles. The van der Waals surface area contributed by atoms with Crippen LogP contribution in [0.2, 0.25) is 0 Å². The van der Waals surface area contributed by atoms with Crippen LogP contribution in [-0.2, 0) is 19.5 Å². The summed E-state index contributed by atoms with van der Waals surface area (Å²) in [6, 6.07) is 12.5. The molecule has 1 aliphatic rings. The molecule has 25 heavy (non-hydrogen) atoms. The van der Waals surface area contributed by atoms with E-state index in [1.807, 2.05) is 29.7 Å². The number of fused-ring (bicyclic) bond motifs is 3. The summed E-state index contributed by atoms with van der Waals surface area (Å²) in [5, 5.41) is 0.514. The van der Waals surface area contributed by atoms with Crippen molar-refractivity contribution in [1.29, 1.82) is 0 Å². The van der Waals surface area contributed by atoms with Crippen LogP contribution in [0.5, 0.6) is 0 Å². The van der Waals surface area contributed by atoms with E-state index in [0.717, 1.165) is 30.4 Å². The normalized spacial score (nSPS) is 14.2. The van der Waals surface area contributed by atoms with Crippen LogP contribution in [-0.4, -0.2) is 21.0 Å². The lowest BCUT2D eigenvalue weighted by Gasteiger charge is -2.31. The highest BCUT2D eigenvalue weighted by Gasteiger charge is 2.29. The first-order chi connectivity index (χ1) is 12.1. The van der Waals surface area contributed by atoms with Crippen molar-refractivity contribution >= 4 is 28.1 Å². The molecule has 0 N–H and O–H groups in total. The fourth-order valence-corrected chi connectivity index (χ4v) is 4.13. The van der Waals surface area contributed by atoms with Crippen molar-refractivity contribution < 1.29 is 8.78 Å². The standard InChI is InChI=1S/C20H18F2N2S/c1-2-24-17-11-14(21)10-16(22)18(17)15-8-9-23(20(25)19(15)24)12-13-6-4-3-5-7-13/h3-7,10-11H,2,8-9,12H2,1H3. The molecule has 3 aromatic rings. The number of nitrogens with zero attached hydrogens (tertiary/aromatic N) is 2. The van der Waals surface area contributed by atoms with Crippen LogP contribution < -0.4 is 0 Å². The number of benzene rings is 2. The summed E-state index contributed by atoms with van der Waals surface area (Å²) in [6.45, 7) is 4.05. The lowest BCUT2D eigenvalue weighted by atomic mass is 10.0. The Morgan fingerprint density at radius 3 is 2.60 bits per heavy atom. The van der Waals surface area contributed by atoms with Crippen molar-refractivity contribution in [3.8, 4) is 0 Å². The molecule has 0 unspecified atom stereocenters.